The monoisotopic (exact) mass is 908 g/mol. The Morgan fingerprint density at radius 1 is 0.736 bits per heavy atom. The topological polar surface area (TPSA) is 39.9 Å². The first-order valence-corrected chi connectivity index (χ1v) is 19.4. The van der Waals surface area contributed by atoms with Crippen LogP contribution in [0.3, 0.4) is 0 Å². The second-order valence-corrected chi connectivity index (χ2v) is 18.3. The van der Waals surface area contributed by atoms with Crippen molar-refractivity contribution in [2.24, 2.45) is 5.41 Å². The zero-order valence-corrected chi connectivity index (χ0v) is 34.7. The fourth-order valence-corrected chi connectivity index (χ4v) is 9.46. The molecule has 0 radical (unpaired) electrons. The summed E-state index contributed by atoms with van der Waals surface area (Å²) >= 11 is 3.48. The number of aromatic nitrogens is 3. The van der Waals surface area contributed by atoms with E-state index < -0.39 is 0 Å². The Bertz CT molecular complexity index is 2850. The van der Waals surface area contributed by atoms with Crippen LogP contribution in [0.25, 0.3) is 69.1 Å². The number of ether oxygens (including phenoxy) is 1. The van der Waals surface area contributed by atoms with E-state index in [-0.39, 0.29) is 31.9 Å². The summed E-state index contributed by atoms with van der Waals surface area (Å²) in [6.07, 6.45) is 4.88. The van der Waals surface area contributed by atoms with Crippen LogP contribution in [0.1, 0.15) is 57.5 Å². The number of pyridine rings is 2. The molecule has 0 spiro atoms. The molecule has 266 valence electrons. The van der Waals surface area contributed by atoms with Crippen LogP contribution in [0.2, 0.25) is 0 Å². The van der Waals surface area contributed by atoms with Crippen molar-refractivity contribution in [3.63, 3.8) is 0 Å². The van der Waals surface area contributed by atoms with Crippen molar-refractivity contribution >= 4 is 75.4 Å². The summed E-state index contributed by atoms with van der Waals surface area (Å²) < 4.78 is 11.2. The van der Waals surface area contributed by atoms with Crippen molar-refractivity contribution < 1.29 is 25.8 Å². The van der Waals surface area contributed by atoms with Gasteiger partial charge in [-0.3, -0.25) is 0 Å². The Balaban J connectivity index is 0.00000400. The van der Waals surface area contributed by atoms with Crippen LogP contribution in [0.4, 0.5) is 0 Å². The predicted molar refractivity (Wildman–Crippen MR) is 221 cm³/mol. The number of hydrogen-bond acceptors (Lipinski definition) is 5. The predicted octanol–water partition coefficient (Wildman–Crippen LogP) is 13.4. The van der Waals surface area contributed by atoms with E-state index in [1.807, 2.05) is 29.8 Å². The first-order chi connectivity index (χ1) is 24.9. The molecular formula is C46H39N3OPtS2. The molecule has 0 aliphatic carbocycles. The quantitative estimate of drug-likeness (QED) is 0.162. The van der Waals surface area contributed by atoms with Gasteiger partial charge >= 0.3 is 21.1 Å². The van der Waals surface area contributed by atoms with E-state index in [4.69, 9.17) is 14.7 Å². The molecule has 9 rings (SSSR count). The van der Waals surface area contributed by atoms with E-state index in [2.05, 4.69) is 144 Å². The molecule has 0 saturated heterocycles. The minimum Gasteiger partial charge on any atom is -0.508 e. The number of benzene rings is 4. The van der Waals surface area contributed by atoms with Crippen molar-refractivity contribution in [1.82, 2.24) is 14.5 Å². The molecule has 4 nitrogen and oxygen atoms in total. The molecule has 5 aromatic heterocycles. The molecule has 4 aromatic carbocycles. The molecule has 0 atom stereocenters. The Kier molecular flexibility index (Phi) is 8.88. The van der Waals surface area contributed by atoms with Gasteiger partial charge in [0.15, 0.2) is 0 Å². The normalized spacial score (nSPS) is 12.4. The average molecular weight is 909 g/mol. The van der Waals surface area contributed by atoms with Gasteiger partial charge < -0.3 is 14.3 Å². The Morgan fingerprint density at radius 3 is 2.36 bits per heavy atom. The fourth-order valence-electron chi connectivity index (χ4n) is 7.29. The molecule has 0 amide bonds. The average Bonchev–Trinajstić information content (AvgIpc) is 3.76. The standard InChI is InChI=1S/C46H39N3OS2.Pt/c1-27-39(50-32-14-15-34-33-10-8-9-11-37(33)49(38(34)24-32)42-23-31(16-18-47-42)46(5,6)7)25-41(51-27)43-44-35(17-19-48-43)36-21-29-13-12-28(26-45(2,3)4)20-30(29)22-40(36)52-44;/h8-23H,26H2,1-7H3;/q-2;+2. The van der Waals surface area contributed by atoms with Gasteiger partial charge in [0.1, 0.15) is 5.82 Å². The van der Waals surface area contributed by atoms with E-state index in [0.717, 1.165) is 49.5 Å². The van der Waals surface area contributed by atoms with Gasteiger partial charge in [0.25, 0.3) is 0 Å². The molecule has 0 aliphatic rings. The minimum absolute atomic E-state index is 0. The molecule has 0 saturated carbocycles. The van der Waals surface area contributed by atoms with Crippen LogP contribution < -0.4 is 4.74 Å². The number of nitrogens with zero attached hydrogens (tertiary/aromatic N) is 3. The fraction of sp³-hybridized carbons (Fsp3) is 0.217. The number of para-hydroxylation sites is 1. The van der Waals surface area contributed by atoms with E-state index in [0.29, 0.717) is 11.5 Å². The molecule has 5 heterocycles. The number of fused-ring (bicyclic) bond motifs is 7. The zero-order valence-electron chi connectivity index (χ0n) is 30.8. The molecule has 53 heavy (non-hydrogen) atoms. The van der Waals surface area contributed by atoms with Crippen molar-refractivity contribution in [3.05, 3.63) is 125 Å². The molecule has 0 N–H and O–H groups in total. The number of hydrogen-bond donors (Lipinski definition) is 0. The summed E-state index contributed by atoms with van der Waals surface area (Å²) in [6.45, 7) is 15.7. The molecule has 0 bridgehead atoms. The largest absolute Gasteiger partial charge is 2.00 e. The third-order valence-corrected chi connectivity index (χ3v) is 11.9. The number of aryl methyl sites for hydroxylation is 1. The summed E-state index contributed by atoms with van der Waals surface area (Å²) in [7, 11) is 0. The molecule has 0 aliphatic heterocycles. The van der Waals surface area contributed by atoms with E-state index in [1.165, 1.54) is 42.1 Å². The Morgan fingerprint density at radius 2 is 1.55 bits per heavy atom. The molecule has 9 aromatic rings. The Hall–Kier alpha value is -4.35. The molecule has 0 unspecified atom stereocenters. The van der Waals surface area contributed by atoms with E-state index >= 15 is 0 Å². The smallest absolute Gasteiger partial charge is 0.508 e. The van der Waals surface area contributed by atoms with Crippen LogP contribution in [-0.2, 0) is 32.9 Å². The van der Waals surface area contributed by atoms with Gasteiger partial charge in [0, 0.05) is 38.8 Å². The maximum absolute atomic E-state index is 6.59. The van der Waals surface area contributed by atoms with Crippen molar-refractivity contribution in [2.45, 2.75) is 60.3 Å². The van der Waals surface area contributed by atoms with Gasteiger partial charge in [0.2, 0.25) is 0 Å². The maximum Gasteiger partial charge on any atom is 2.00 e. The maximum atomic E-state index is 6.59. The summed E-state index contributed by atoms with van der Waals surface area (Å²) in [4.78, 5) is 11.7. The zero-order chi connectivity index (χ0) is 35.9. The number of thiophene rings is 2. The van der Waals surface area contributed by atoms with Crippen molar-refractivity contribution in [1.29, 1.82) is 0 Å². The summed E-state index contributed by atoms with van der Waals surface area (Å²) in [6, 6.07) is 37.8. The second-order valence-electron chi connectivity index (χ2n) is 16.0. The van der Waals surface area contributed by atoms with Gasteiger partial charge in [-0.2, -0.15) is 6.07 Å². The van der Waals surface area contributed by atoms with Crippen LogP contribution in [0.15, 0.2) is 97.3 Å². The van der Waals surface area contributed by atoms with Gasteiger partial charge in [-0.1, -0.05) is 100 Å². The third kappa shape index (κ3) is 6.49. The van der Waals surface area contributed by atoms with Gasteiger partial charge in [-0.25, -0.2) is 16.3 Å². The minimum atomic E-state index is -0.00241. The summed E-state index contributed by atoms with van der Waals surface area (Å²) in [5.41, 5.74) is 5.82. The van der Waals surface area contributed by atoms with Gasteiger partial charge in [0.05, 0.1) is 0 Å². The van der Waals surface area contributed by atoms with Crippen LogP contribution in [-0.4, -0.2) is 14.5 Å². The molecule has 7 heteroatoms. The molecule has 0 fully saturated rings. The second kappa shape index (κ2) is 13.2. The van der Waals surface area contributed by atoms with Crippen LogP contribution >= 0.6 is 22.7 Å². The van der Waals surface area contributed by atoms with Crippen molar-refractivity contribution in [2.75, 3.05) is 0 Å². The van der Waals surface area contributed by atoms with Gasteiger partial charge in [-0.05, 0) is 97.4 Å². The first-order valence-electron chi connectivity index (χ1n) is 17.8. The Labute approximate surface area is 332 Å². The SMILES string of the molecule is Cc1sc(-c2nccc3c2sc2cc4cc(CC(C)(C)C)ccc4cc23)[c-]c1Oc1[c-]c2c(cc1)c1ccccc1n2-c1cc(C(C)(C)C)ccn1.[Pt+2]. The summed E-state index contributed by atoms with van der Waals surface area (Å²) in [5.74, 6) is 2.20. The summed E-state index contributed by atoms with van der Waals surface area (Å²) in [5, 5.41) is 7.31. The van der Waals surface area contributed by atoms with Crippen LogP contribution in [0, 0.1) is 24.5 Å². The van der Waals surface area contributed by atoms with E-state index in [1.54, 1.807) is 11.3 Å². The number of rotatable bonds is 5. The van der Waals surface area contributed by atoms with Gasteiger partial charge in [-0.15, -0.1) is 34.9 Å². The molecular weight excluding hydrogens is 870 g/mol. The third-order valence-electron chi connectivity index (χ3n) is 9.77. The van der Waals surface area contributed by atoms with Crippen LogP contribution in [0.5, 0.6) is 11.5 Å². The first kappa shape index (κ1) is 35.7. The van der Waals surface area contributed by atoms with Crippen molar-refractivity contribution in [3.8, 4) is 27.9 Å². The van der Waals surface area contributed by atoms with E-state index in [9.17, 15) is 0 Å².